The summed E-state index contributed by atoms with van der Waals surface area (Å²) in [6, 6.07) is 0. The quantitative estimate of drug-likeness (QED) is 0.447. The number of alkyl halides is 1. The van der Waals surface area contributed by atoms with Crippen molar-refractivity contribution in [2.45, 2.75) is 26.2 Å². The normalized spacial score (nSPS) is 40.0. The van der Waals surface area contributed by atoms with E-state index in [1.807, 2.05) is 0 Å². The fraction of sp³-hybridized carbons (Fsp3) is 0.875. The molecule has 0 aromatic carbocycles. The van der Waals surface area contributed by atoms with Gasteiger partial charge in [0.1, 0.15) is 6.29 Å². The van der Waals surface area contributed by atoms with Crippen LogP contribution in [0.4, 0.5) is 0 Å². The van der Waals surface area contributed by atoms with E-state index in [2.05, 4.69) is 6.92 Å². The Morgan fingerprint density at radius 2 is 2.50 bits per heavy atom. The third-order valence-electron chi connectivity index (χ3n) is 2.41. The fourth-order valence-electron chi connectivity index (χ4n) is 1.69. The van der Waals surface area contributed by atoms with E-state index < -0.39 is 0 Å². The van der Waals surface area contributed by atoms with Crippen LogP contribution in [0, 0.1) is 11.3 Å². The van der Waals surface area contributed by atoms with Gasteiger partial charge < -0.3 is 4.79 Å². The van der Waals surface area contributed by atoms with Crippen molar-refractivity contribution in [3.8, 4) is 0 Å². The van der Waals surface area contributed by atoms with Gasteiger partial charge in [-0.25, -0.2) is 0 Å². The zero-order valence-electron chi connectivity index (χ0n) is 6.27. The predicted molar refractivity (Wildman–Crippen MR) is 42.2 cm³/mol. The first-order valence-corrected chi connectivity index (χ1v) is 4.28. The lowest BCUT2D eigenvalue weighted by Gasteiger charge is -2.17. The Balaban J connectivity index is 2.59. The lowest BCUT2D eigenvalue weighted by Crippen LogP contribution is -2.20. The molecule has 0 bridgehead atoms. The third kappa shape index (κ3) is 1.34. The second-order valence-corrected chi connectivity index (χ2v) is 3.73. The van der Waals surface area contributed by atoms with Crippen LogP contribution >= 0.6 is 11.6 Å². The Bertz CT molecular complexity index is 135. The molecule has 2 atom stereocenters. The zero-order chi connectivity index (χ0) is 7.61. The van der Waals surface area contributed by atoms with Crippen LogP contribution in [-0.2, 0) is 4.79 Å². The van der Waals surface area contributed by atoms with Gasteiger partial charge in [0.25, 0.3) is 0 Å². The van der Waals surface area contributed by atoms with E-state index in [1.54, 1.807) is 0 Å². The molecule has 0 heterocycles. The molecule has 0 aromatic rings. The molecular formula is C8H13ClO. The van der Waals surface area contributed by atoms with Gasteiger partial charge >= 0.3 is 0 Å². The number of carbonyl (C=O) groups excluding carboxylic acids is 1. The van der Waals surface area contributed by atoms with Crippen LogP contribution in [0.25, 0.3) is 0 Å². The Morgan fingerprint density at radius 3 is 2.70 bits per heavy atom. The van der Waals surface area contributed by atoms with Crippen molar-refractivity contribution < 1.29 is 4.79 Å². The second-order valence-electron chi connectivity index (χ2n) is 3.46. The highest BCUT2D eigenvalue weighted by atomic mass is 35.5. The largest absolute Gasteiger partial charge is 0.303 e. The summed E-state index contributed by atoms with van der Waals surface area (Å²) in [7, 11) is 0. The lowest BCUT2D eigenvalue weighted by molar-refractivity contribution is -0.115. The molecule has 1 rings (SSSR count). The van der Waals surface area contributed by atoms with Gasteiger partial charge in [0, 0.05) is 11.3 Å². The summed E-state index contributed by atoms with van der Waals surface area (Å²) < 4.78 is 0. The fourth-order valence-corrected chi connectivity index (χ4v) is 2.00. The van der Waals surface area contributed by atoms with Gasteiger partial charge in [-0.3, -0.25) is 0 Å². The zero-order valence-corrected chi connectivity index (χ0v) is 7.03. The molecular weight excluding hydrogens is 148 g/mol. The average Bonchev–Trinajstić information content (AvgIpc) is 2.33. The van der Waals surface area contributed by atoms with Crippen LogP contribution in [0.2, 0.25) is 0 Å². The maximum absolute atomic E-state index is 10.6. The van der Waals surface area contributed by atoms with Crippen molar-refractivity contribution in [1.29, 1.82) is 0 Å². The highest BCUT2D eigenvalue weighted by Gasteiger charge is 2.36. The molecule has 0 amide bonds. The molecule has 1 aliphatic rings. The monoisotopic (exact) mass is 160 g/mol. The summed E-state index contributed by atoms with van der Waals surface area (Å²) in [6.45, 7) is 2.18. The number of aldehydes is 1. The van der Waals surface area contributed by atoms with E-state index in [9.17, 15) is 4.79 Å². The number of hydrogen-bond acceptors (Lipinski definition) is 1. The predicted octanol–water partition coefficient (Wildman–Crippen LogP) is 2.23. The summed E-state index contributed by atoms with van der Waals surface area (Å²) in [5.74, 6) is 1.19. The molecule has 1 nitrogen and oxygen atoms in total. The molecule has 0 aromatic heterocycles. The molecule has 0 N–H and O–H groups in total. The van der Waals surface area contributed by atoms with Crippen LogP contribution in [-0.4, -0.2) is 12.2 Å². The van der Waals surface area contributed by atoms with Gasteiger partial charge in [-0.05, 0) is 25.2 Å². The minimum Gasteiger partial charge on any atom is -0.303 e. The number of hydrogen-bond donors (Lipinski definition) is 0. The molecule has 58 valence electrons. The first-order chi connectivity index (χ1) is 4.72. The second kappa shape index (κ2) is 2.91. The van der Waals surface area contributed by atoms with Crippen molar-refractivity contribution in [3.63, 3.8) is 0 Å². The Kier molecular flexibility index (Phi) is 2.35. The molecule has 0 saturated heterocycles. The summed E-state index contributed by atoms with van der Waals surface area (Å²) in [5, 5.41) is 0. The van der Waals surface area contributed by atoms with Crippen LogP contribution in [0.3, 0.4) is 0 Å². The average molecular weight is 161 g/mol. The highest BCUT2D eigenvalue weighted by Crippen LogP contribution is 2.40. The molecule has 0 spiro atoms. The van der Waals surface area contributed by atoms with Crippen LogP contribution in [0.5, 0.6) is 0 Å². The minimum atomic E-state index is -0.166. The Labute approximate surface area is 66.8 Å². The van der Waals surface area contributed by atoms with Crippen molar-refractivity contribution in [1.82, 2.24) is 0 Å². The minimum absolute atomic E-state index is 0.166. The number of rotatable bonds is 2. The molecule has 10 heavy (non-hydrogen) atoms. The van der Waals surface area contributed by atoms with Crippen molar-refractivity contribution in [3.05, 3.63) is 0 Å². The van der Waals surface area contributed by atoms with Crippen molar-refractivity contribution in [2.75, 3.05) is 5.88 Å². The van der Waals surface area contributed by atoms with Crippen LogP contribution in [0.15, 0.2) is 0 Å². The summed E-state index contributed by atoms with van der Waals surface area (Å²) in [4.78, 5) is 10.6. The van der Waals surface area contributed by atoms with E-state index >= 15 is 0 Å². The van der Waals surface area contributed by atoms with Gasteiger partial charge in [-0.1, -0.05) is 6.92 Å². The molecule has 0 aliphatic heterocycles. The molecule has 1 fully saturated rings. The van der Waals surface area contributed by atoms with E-state index in [4.69, 9.17) is 11.6 Å². The first-order valence-electron chi connectivity index (χ1n) is 3.75. The van der Waals surface area contributed by atoms with Crippen LogP contribution in [0.1, 0.15) is 26.2 Å². The summed E-state index contributed by atoms with van der Waals surface area (Å²) in [6.07, 6.45) is 4.18. The standard InChI is InChI=1S/C8H13ClO/c1-7-2-3-8(4-7,5-9)6-10/h6-7H,2-5H2,1H3. The maximum atomic E-state index is 10.6. The molecule has 2 unspecified atom stereocenters. The highest BCUT2D eigenvalue weighted by molar-refractivity contribution is 6.19. The topological polar surface area (TPSA) is 17.1 Å². The van der Waals surface area contributed by atoms with E-state index in [1.165, 1.54) is 0 Å². The van der Waals surface area contributed by atoms with Crippen molar-refractivity contribution in [2.24, 2.45) is 11.3 Å². The van der Waals surface area contributed by atoms with Gasteiger partial charge in [-0.15, -0.1) is 11.6 Å². The maximum Gasteiger partial charge on any atom is 0.127 e. The number of carbonyl (C=O) groups is 1. The summed E-state index contributed by atoms with van der Waals surface area (Å²) >= 11 is 5.70. The van der Waals surface area contributed by atoms with Gasteiger partial charge in [0.05, 0.1) is 0 Å². The van der Waals surface area contributed by atoms with Crippen LogP contribution < -0.4 is 0 Å². The third-order valence-corrected chi connectivity index (χ3v) is 2.94. The SMILES string of the molecule is CC1CCC(C=O)(CCl)C1. The van der Waals surface area contributed by atoms with E-state index in [0.29, 0.717) is 11.8 Å². The molecule has 2 heteroatoms. The lowest BCUT2D eigenvalue weighted by atomic mass is 9.90. The van der Waals surface area contributed by atoms with Gasteiger partial charge in [0.15, 0.2) is 0 Å². The first kappa shape index (κ1) is 8.06. The Hall–Kier alpha value is -0.0400. The molecule has 1 aliphatic carbocycles. The van der Waals surface area contributed by atoms with Crippen molar-refractivity contribution >= 4 is 17.9 Å². The summed E-state index contributed by atoms with van der Waals surface area (Å²) in [5.41, 5.74) is -0.166. The Morgan fingerprint density at radius 1 is 1.80 bits per heavy atom. The molecule has 1 saturated carbocycles. The molecule has 0 radical (unpaired) electrons. The van der Waals surface area contributed by atoms with E-state index in [-0.39, 0.29) is 5.41 Å². The smallest absolute Gasteiger partial charge is 0.127 e. The van der Waals surface area contributed by atoms with Gasteiger partial charge in [0.2, 0.25) is 0 Å². The van der Waals surface area contributed by atoms with E-state index in [0.717, 1.165) is 25.5 Å². The van der Waals surface area contributed by atoms with Gasteiger partial charge in [-0.2, -0.15) is 0 Å². The number of halogens is 1.